The maximum absolute atomic E-state index is 11.5. The molecular formula is C11H20N2O4Si. The van der Waals surface area contributed by atoms with Crippen LogP contribution in [0.5, 0.6) is 0 Å². The standard InChI is InChI=1S/C11H20N2O4Si/c1-4-10(14)17-8-6-12-11(15)13(2)7-5-9-18(3)16/h4H,1,5-9H2,2-3H3,(H,12,15). The monoisotopic (exact) mass is 272 g/mol. The van der Waals surface area contributed by atoms with Crippen LogP contribution in [0.3, 0.4) is 0 Å². The van der Waals surface area contributed by atoms with E-state index in [0.717, 1.165) is 12.5 Å². The molecule has 18 heavy (non-hydrogen) atoms. The fraction of sp³-hybridized carbons (Fsp3) is 0.636. The first-order chi connectivity index (χ1) is 8.47. The Labute approximate surface area is 109 Å². The van der Waals surface area contributed by atoms with Crippen LogP contribution in [0.25, 0.3) is 0 Å². The number of carbonyl (C=O) groups excluding carboxylic acids is 2. The van der Waals surface area contributed by atoms with Crippen molar-refractivity contribution in [3.05, 3.63) is 12.7 Å². The molecule has 0 aliphatic carbocycles. The van der Waals surface area contributed by atoms with Crippen LogP contribution in [0, 0.1) is 0 Å². The van der Waals surface area contributed by atoms with Crippen molar-refractivity contribution in [3.8, 4) is 0 Å². The van der Waals surface area contributed by atoms with E-state index in [1.54, 1.807) is 13.6 Å². The third-order valence-corrected chi connectivity index (χ3v) is 3.22. The highest BCUT2D eigenvalue weighted by Gasteiger charge is 2.08. The van der Waals surface area contributed by atoms with Crippen LogP contribution in [0.1, 0.15) is 6.42 Å². The summed E-state index contributed by atoms with van der Waals surface area (Å²) >= 11 is 0. The summed E-state index contributed by atoms with van der Waals surface area (Å²) in [6.07, 6.45) is 1.80. The molecule has 0 aromatic rings. The Bertz CT molecular complexity index is 320. The van der Waals surface area contributed by atoms with Gasteiger partial charge in [-0.05, 0) is 19.0 Å². The number of rotatable bonds is 8. The first kappa shape index (κ1) is 16.5. The van der Waals surface area contributed by atoms with Crippen molar-refractivity contribution < 1.29 is 18.8 Å². The van der Waals surface area contributed by atoms with Gasteiger partial charge in [-0.3, -0.25) is 0 Å². The second kappa shape index (κ2) is 9.52. The first-order valence-corrected chi connectivity index (χ1v) is 7.86. The summed E-state index contributed by atoms with van der Waals surface area (Å²) in [5.74, 6) is -0.509. The van der Waals surface area contributed by atoms with E-state index in [-0.39, 0.29) is 19.2 Å². The number of carbonyl (C=O) groups is 2. The number of hydrogen-bond acceptors (Lipinski definition) is 4. The highest BCUT2D eigenvalue weighted by molar-refractivity contribution is 6.40. The number of nitrogens with zero attached hydrogens (tertiary/aromatic N) is 1. The molecule has 1 N–H and O–H groups in total. The summed E-state index contributed by atoms with van der Waals surface area (Å²) in [4.78, 5) is 23.7. The molecule has 0 saturated carbocycles. The van der Waals surface area contributed by atoms with Gasteiger partial charge in [-0.15, -0.1) is 0 Å². The van der Waals surface area contributed by atoms with Gasteiger partial charge < -0.3 is 19.4 Å². The summed E-state index contributed by atoms with van der Waals surface area (Å²) in [6.45, 7) is 5.90. The van der Waals surface area contributed by atoms with Crippen molar-refractivity contribution in [1.29, 1.82) is 0 Å². The van der Waals surface area contributed by atoms with Crippen LogP contribution < -0.4 is 5.32 Å². The van der Waals surface area contributed by atoms with Crippen molar-refractivity contribution in [2.24, 2.45) is 0 Å². The van der Waals surface area contributed by atoms with E-state index in [4.69, 9.17) is 4.74 Å². The minimum atomic E-state index is -1.46. The van der Waals surface area contributed by atoms with E-state index in [9.17, 15) is 14.1 Å². The third-order valence-electron chi connectivity index (χ3n) is 2.16. The first-order valence-electron chi connectivity index (χ1n) is 5.75. The largest absolute Gasteiger partial charge is 0.461 e. The second-order valence-electron chi connectivity index (χ2n) is 3.83. The molecule has 0 spiro atoms. The number of esters is 1. The van der Waals surface area contributed by atoms with E-state index in [0.29, 0.717) is 12.6 Å². The van der Waals surface area contributed by atoms with Gasteiger partial charge in [0, 0.05) is 19.7 Å². The molecule has 0 aliphatic rings. The Hall–Kier alpha value is -1.50. The smallest absolute Gasteiger partial charge is 0.330 e. The highest BCUT2D eigenvalue weighted by Crippen LogP contribution is 1.95. The molecule has 6 nitrogen and oxygen atoms in total. The lowest BCUT2D eigenvalue weighted by Gasteiger charge is -2.17. The molecule has 0 atom stereocenters. The molecule has 0 aromatic heterocycles. The van der Waals surface area contributed by atoms with Gasteiger partial charge in [0.2, 0.25) is 0 Å². The number of urea groups is 1. The zero-order valence-electron chi connectivity index (χ0n) is 10.9. The molecule has 0 unspecified atom stereocenters. The van der Waals surface area contributed by atoms with Gasteiger partial charge in [0.1, 0.15) is 6.61 Å². The summed E-state index contributed by atoms with van der Waals surface area (Å²) in [5, 5.41) is 2.61. The lowest BCUT2D eigenvalue weighted by Crippen LogP contribution is -2.39. The van der Waals surface area contributed by atoms with Crippen molar-refractivity contribution in [1.82, 2.24) is 10.2 Å². The van der Waals surface area contributed by atoms with Crippen LogP contribution in [0.4, 0.5) is 4.79 Å². The molecule has 102 valence electrons. The van der Waals surface area contributed by atoms with Crippen LogP contribution in [-0.4, -0.2) is 52.3 Å². The van der Waals surface area contributed by atoms with Crippen molar-refractivity contribution in [2.75, 3.05) is 26.7 Å². The minimum absolute atomic E-state index is 0.118. The lowest BCUT2D eigenvalue weighted by atomic mass is 10.4. The number of nitrogens with one attached hydrogen (secondary N) is 1. The Kier molecular flexibility index (Phi) is 8.72. The molecule has 0 aliphatic heterocycles. The van der Waals surface area contributed by atoms with Crippen LogP contribution >= 0.6 is 0 Å². The summed E-state index contributed by atoms with van der Waals surface area (Å²) in [7, 11) is 0.201. The minimum Gasteiger partial charge on any atom is -0.461 e. The molecule has 0 aromatic carbocycles. The van der Waals surface area contributed by atoms with Crippen molar-refractivity contribution >= 4 is 20.7 Å². The molecule has 0 heterocycles. The Morgan fingerprint density at radius 1 is 1.50 bits per heavy atom. The topological polar surface area (TPSA) is 75.7 Å². The quantitative estimate of drug-likeness (QED) is 0.307. The SMILES string of the molecule is C=CC(=O)OCCNC(=O)N(C)CCC[Si](C)=O. The molecule has 0 radical (unpaired) electrons. The Morgan fingerprint density at radius 2 is 2.17 bits per heavy atom. The van der Waals surface area contributed by atoms with Gasteiger partial charge in [-0.2, -0.15) is 0 Å². The van der Waals surface area contributed by atoms with E-state index in [2.05, 4.69) is 11.9 Å². The van der Waals surface area contributed by atoms with Gasteiger partial charge in [0.15, 0.2) is 0 Å². The van der Waals surface area contributed by atoms with Gasteiger partial charge in [-0.1, -0.05) is 6.58 Å². The second-order valence-corrected chi connectivity index (χ2v) is 5.73. The fourth-order valence-corrected chi connectivity index (χ4v) is 1.83. The highest BCUT2D eigenvalue weighted by atomic mass is 28.3. The van der Waals surface area contributed by atoms with E-state index >= 15 is 0 Å². The van der Waals surface area contributed by atoms with Gasteiger partial charge in [0.25, 0.3) is 8.68 Å². The molecule has 0 rings (SSSR count). The number of hydrogen-bond donors (Lipinski definition) is 1. The lowest BCUT2D eigenvalue weighted by molar-refractivity contribution is -0.137. The fourth-order valence-electron chi connectivity index (χ4n) is 1.17. The van der Waals surface area contributed by atoms with E-state index in [1.807, 2.05) is 0 Å². The van der Waals surface area contributed by atoms with Crippen molar-refractivity contribution in [2.45, 2.75) is 19.0 Å². The molecule has 2 amide bonds. The molecule has 0 fully saturated rings. The average molecular weight is 272 g/mol. The van der Waals surface area contributed by atoms with Gasteiger partial charge >= 0.3 is 12.0 Å². The normalized spacial score (nSPS) is 9.44. The number of amides is 2. The van der Waals surface area contributed by atoms with Gasteiger partial charge in [0.05, 0.1) is 6.54 Å². The van der Waals surface area contributed by atoms with Crippen LogP contribution in [0.15, 0.2) is 12.7 Å². The van der Waals surface area contributed by atoms with Crippen molar-refractivity contribution in [3.63, 3.8) is 0 Å². The van der Waals surface area contributed by atoms with E-state index < -0.39 is 14.7 Å². The number of ether oxygens (including phenoxy) is 1. The average Bonchev–Trinajstić information content (AvgIpc) is 2.33. The predicted molar refractivity (Wildman–Crippen MR) is 68.9 cm³/mol. The summed E-state index contributed by atoms with van der Waals surface area (Å²) in [5.41, 5.74) is 0. The maximum atomic E-state index is 11.5. The van der Waals surface area contributed by atoms with Crippen LogP contribution in [-0.2, 0) is 14.0 Å². The molecular weight excluding hydrogens is 252 g/mol. The molecule has 0 bridgehead atoms. The zero-order valence-corrected chi connectivity index (χ0v) is 11.9. The summed E-state index contributed by atoms with van der Waals surface area (Å²) < 4.78 is 15.6. The predicted octanol–water partition coefficient (Wildman–Crippen LogP) is 0.799. The van der Waals surface area contributed by atoms with Gasteiger partial charge in [-0.25, -0.2) is 9.59 Å². The Morgan fingerprint density at radius 3 is 2.72 bits per heavy atom. The molecule has 0 saturated heterocycles. The molecule has 7 heteroatoms. The summed E-state index contributed by atoms with van der Waals surface area (Å²) in [6, 6.07) is 0.416. The third kappa shape index (κ3) is 8.63. The zero-order chi connectivity index (χ0) is 14.0. The maximum Gasteiger partial charge on any atom is 0.330 e. The Balaban J connectivity index is 3.64. The van der Waals surface area contributed by atoms with E-state index in [1.165, 1.54) is 4.90 Å². The van der Waals surface area contributed by atoms with Crippen LogP contribution in [0.2, 0.25) is 12.6 Å².